The van der Waals surface area contributed by atoms with Crippen LogP contribution < -0.4 is 20.2 Å². The van der Waals surface area contributed by atoms with Crippen LogP contribution in [0, 0.1) is 15.9 Å². The van der Waals surface area contributed by atoms with Crippen LogP contribution in [0.2, 0.25) is 5.02 Å². The molecule has 3 rings (SSSR count). The highest BCUT2D eigenvalue weighted by atomic mass is 35.5. The molecule has 35 heavy (non-hydrogen) atoms. The maximum atomic E-state index is 13.0. The lowest BCUT2D eigenvalue weighted by Crippen LogP contribution is -2.20. The SMILES string of the molecule is COc1cc(/C=N/NC(=O)c2ccc([N+](=O)[O-])cc2)cc(Cl)c1OCC(=O)Nc1ccc(F)cc1. The predicted molar refractivity (Wildman–Crippen MR) is 127 cm³/mol. The van der Waals surface area contributed by atoms with Crippen molar-refractivity contribution in [3.8, 4) is 11.5 Å². The maximum Gasteiger partial charge on any atom is 0.271 e. The van der Waals surface area contributed by atoms with Crippen molar-refractivity contribution in [3.63, 3.8) is 0 Å². The Labute approximate surface area is 203 Å². The molecule has 3 aromatic rings. The molecule has 0 aliphatic carbocycles. The van der Waals surface area contributed by atoms with Crippen molar-refractivity contribution >= 4 is 41.0 Å². The van der Waals surface area contributed by atoms with E-state index in [-0.39, 0.29) is 34.4 Å². The van der Waals surface area contributed by atoms with Gasteiger partial charge in [0.1, 0.15) is 5.82 Å². The molecule has 0 bridgehead atoms. The molecule has 0 spiro atoms. The number of rotatable bonds is 9. The molecule has 0 heterocycles. The number of carbonyl (C=O) groups excluding carboxylic acids is 2. The Morgan fingerprint density at radius 3 is 2.46 bits per heavy atom. The third-order valence-corrected chi connectivity index (χ3v) is 4.73. The lowest BCUT2D eigenvalue weighted by molar-refractivity contribution is -0.384. The first-order chi connectivity index (χ1) is 16.8. The number of amides is 2. The summed E-state index contributed by atoms with van der Waals surface area (Å²) in [7, 11) is 1.38. The topological polar surface area (TPSA) is 132 Å². The average Bonchev–Trinajstić information content (AvgIpc) is 2.84. The van der Waals surface area contributed by atoms with E-state index in [4.69, 9.17) is 21.1 Å². The first-order valence-electron chi connectivity index (χ1n) is 9.90. The van der Waals surface area contributed by atoms with Crippen LogP contribution in [0.3, 0.4) is 0 Å². The molecule has 3 aromatic carbocycles. The molecule has 0 saturated carbocycles. The molecule has 0 unspecified atom stereocenters. The Hall–Kier alpha value is -4.51. The van der Waals surface area contributed by atoms with Crippen molar-refractivity contribution in [2.75, 3.05) is 19.0 Å². The van der Waals surface area contributed by atoms with Gasteiger partial charge in [-0.3, -0.25) is 19.7 Å². The summed E-state index contributed by atoms with van der Waals surface area (Å²) in [5, 5.41) is 17.2. The van der Waals surface area contributed by atoms with Gasteiger partial charge in [-0.25, -0.2) is 9.82 Å². The summed E-state index contributed by atoms with van der Waals surface area (Å²) in [5.41, 5.74) is 3.21. The second-order valence-electron chi connectivity index (χ2n) is 6.88. The first kappa shape index (κ1) is 25.1. The third kappa shape index (κ3) is 6.98. The van der Waals surface area contributed by atoms with Crippen LogP contribution >= 0.6 is 11.6 Å². The number of hydrogen-bond acceptors (Lipinski definition) is 7. The summed E-state index contributed by atoms with van der Waals surface area (Å²) >= 11 is 6.27. The van der Waals surface area contributed by atoms with E-state index in [1.807, 2.05) is 0 Å². The molecular weight excluding hydrogens is 483 g/mol. The number of nitro groups is 1. The Balaban J connectivity index is 1.61. The van der Waals surface area contributed by atoms with Crippen molar-refractivity contribution in [1.29, 1.82) is 0 Å². The standard InChI is InChI=1S/C23H18ClFN4O6/c1-34-20-11-14(12-26-28-23(31)15-2-8-18(9-3-15)29(32)33)10-19(24)22(20)35-13-21(30)27-17-6-4-16(25)5-7-17/h2-12H,13H2,1H3,(H,27,30)(H,28,31)/b26-12+. The van der Waals surface area contributed by atoms with E-state index in [1.165, 1.54) is 74.0 Å². The molecule has 0 radical (unpaired) electrons. The van der Waals surface area contributed by atoms with E-state index in [2.05, 4.69) is 15.8 Å². The van der Waals surface area contributed by atoms with Gasteiger partial charge in [-0.05, 0) is 54.1 Å². The van der Waals surface area contributed by atoms with Crippen LogP contribution in [0.15, 0.2) is 65.8 Å². The van der Waals surface area contributed by atoms with E-state index in [0.717, 1.165) is 0 Å². The zero-order chi connectivity index (χ0) is 25.4. The number of hydrazone groups is 1. The number of nitro benzene ring substituents is 1. The number of benzene rings is 3. The molecule has 12 heteroatoms. The van der Waals surface area contributed by atoms with Gasteiger partial charge in [0.2, 0.25) is 0 Å². The fourth-order valence-corrected chi connectivity index (χ4v) is 3.06. The molecule has 2 amide bonds. The van der Waals surface area contributed by atoms with E-state index >= 15 is 0 Å². The Bertz CT molecular complexity index is 1270. The third-order valence-electron chi connectivity index (χ3n) is 4.45. The summed E-state index contributed by atoms with van der Waals surface area (Å²) in [6.07, 6.45) is 1.31. The van der Waals surface area contributed by atoms with Gasteiger partial charge in [0.05, 0.1) is 23.3 Å². The summed E-state index contributed by atoms with van der Waals surface area (Å²) in [5.74, 6) is -1.15. The fraction of sp³-hybridized carbons (Fsp3) is 0.0870. The van der Waals surface area contributed by atoms with Crippen molar-refractivity contribution in [3.05, 3.63) is 92.7 Å². The number of nitrogens with one attached hydrogen (secondary N) is 2. The molecule has 10 nitrogen and oxygen atoms in total. The molecule has 0 aromatic heterocycles. The van der Waals surface area contributed by atoms with Crippen LogP contribution in [-0.4, -0.2) is 36.7 Å². The number of halogens is 2. The van der Waals surface area contributed by atoms with Crippen molar-refractivity contribution < 1.29 is 28.4 Å². The molecule has 2 N–H and O–H groups in total. The number of carbonyl (C=O) groups is 2. The Kier molecular flexibility index (Phi) is 8.30. The number of non-ortho nitro benzene ring substituents is 1. The highest BCUT2D eigenvalue weighted by Crippen LogP contribution is 2.36. The lowest BCUT2D eigenvalue weighted by Gasteiger charge is -2.13. The monoisotopic (exact) mass is 500 g/mol. The highest BCUT2D eigenvalue weighted by Gasteiger charge is 2.14. The zero-order valence-electron chi connectivity index (χ0n) is 18.2. The van der Waals surface area contributed by atoms with Crippen LogP contribution in [0.25, 0.3) is 0 Å². The van der Waals surface area contributed by atoms with E-state index in [9.17, 15) is 24.1 Å². The largest absolute Gasteiger partial charge is 0.493 e. The van der Waals surface area contributed by atoms with Gasteiger partial charge in [0.25, 0.3) is 17.5 Å². The second kappa shape index (κ2) is 11.6. The highest BCUT2D eigenvalue weighted by molar-refractivity contribution is 6.32. The van der Waals surface area contributed by atoms with Crippen LogP contribution in [0.5, 0.6) is 11.5 Å². The lowest BCUT2D eigenvalue weighted by atomic mass is 10.2. The minimum atomic E-state index is -0.568. The summed E-state index contributed by atoms with van der Waals surface area (Å²) in [6.45, 7) is -0.383. The maximum absolute atomic E-state index is 13.0. The van der Waals surface area contributed by atoms with Crippen LogP contribution in [-0.2, 0) is 4.79 Å². The van der Waals surface area contributed by atoms with Crippen molar-refractivity contribution in [2.24, 2.45) is 5.10 Å². The summed E-state index contributed by atoms with van der Waals surface area (Å²) in [4.78, 5) is 34.4. The van der Waals surface area contributed by atoms with Crippen molar-refractivity contribution in [2.45, 2.75) is 0 Å². The van der Waals surface area contributed by atoms with Gasteiger partial charge in [-0.1, -0.05) is 11.6 Å². The van der Waals surface area contributed by atoms with E-state index in [0.29, 0.717) is 11.3 Å². The number of methoxy groups -OCH3 is 1. The predicted octanol–water partition coefficient (Wildman–Crippen LogP) is 4.18. The second-order valence-corrected chi connectivity index (χ2v) is 7.29. The number of ether oxygens (including phenoxy) is 2. The van der Waals surface area contributed by atoms with Gasteiger partial charge in [-0.2, -0.15) is 5.10 Å². The molecule has 0 aliphatic rings. The summed E-state index contributed by atoms with van der Waals surface area (Å²) in [6, 6.07) is 13.3. The zero-order valence-corrected chi connectivity index (χ0v) is 18.9. The normalized spacial score (nSPS) is 10.6. The van der Waals surface area contributed by atoms with E-state index in [1.54, 1.807) is 0 Å². The van der Waals surface area contributed by atoms with Gasteiger partial charge in [-0.15, -0.1) is 0 Å². The molecule has 0 aliphatic heterocycles. The first-order valence-corrected chi connectivity index (χ1v) is 10.3. The molecule has 180 valence electrons. The molecule has 0 atom stereocenters. The average molecular weight is 501 g/mol. The van der Waals surface area contributed by atoms with Gasteiger partial charge in [0, 0.05) is 23.4 Å². The molecular formula is C23H18ClFN4O6. The van der Waals surface area contributed by atoms with Gasteiger partial charge >= 0.3 is 0 Å². The van der Waals surface area contributed by atoms with Gasteiger partial charge < -0.3 is 14.8 Å². The quantitative estimate of drug-likeness (QED) is 0.257. The fourth-order valence-electron chi connectivity index (χ4n) is 2.79. The van der Waals surface area contributed by atoms with Crippen LogP contribution in [0.4, 0.5) is 15.8 Å². The number of hydrogen-bond donors (Lipinski definition) is 2. The number of nitrogens with zero attached hydrogens (tertiary/aromatic N) is 2. The number of anilines is 1. The molecule has 0 fully saturated rings. The van der Waals surface area contributed by atoms with Crippen LogP contribution in [0.1, 0.15) is 15.9 Å². The van der Waals surface area contributed by atoms with E-state index < -0.39 is 22.6 Å². The minimum Gasteiger partial charge on any atom is -0.493 e. The minimum absolute atomic E-state index is 0.121. The smallest absolute Gasteiger partial charge is 0.271 e. The Morgan fingerprint density at radius 1 is 1.14 bits per heavy atom. The van der Waals surface area contributed by atoms with Crippen molar-refractivity contribution in [1.82, 2.24) is 5.43 Å². The Morgan fingerprint density at radius 2 is 1.83 bits per heavy atom. The molecule has 0 saturated heterocycles. The summed E-state index contributed by atoms with van der Waals surface area (Å²) < 4.78 is 23.7. The van der Waals surface area contributed by atoms with Gasteiger partial charge in [0.15, 0.2) is 18.1 Å².